The predicted molar refractivity (Wildman–Crippen MR) is 54.2 cm³/mol. The van der Waals surface area contributed by atoms with Crippen molar-refractivity contribution in [2.75, 3.05) is 6.61 Å². The van der Waals surface area contributed by atoms with E-state index >= 15 is 0 Å². The van der Waals surface area contributed by atoms with Gasteiger partial charge in [0, 0.05) is 5.92 Å². The van der Waals surface area contributed by atoms with E-state index in [2.05, 4.69) is 0 Å². The molecule has 0 aromatic rings. The zero-order valence-electron chi connectivity index (χ0n) is 9.61. The van der Waals surface area contributed by atoms with Crippen LogP contribution in [-0.2, 0) is 14.3 Å². The fraction of sp³-hybridized carbons (Fsp3) is 0.818. The quantitative estimate of drug-likeness (QED) is 0.721. The lowest BCUT2D eigenvalue weighted by molar-refractivity contribution is -0.149. The van der Waals surface area contributed by atoms with E-state index in [1.807, 2.05) is 13.8 Å². The number of hydrogen-bond acceptors (Lipinski definition) is 3. The van der Waals surface area contributed by atoms with Crippen LogP contribution in [0.1, 0.15) is 27.7 Å². The van der Waals surface area contributed by atoms with Crippen LogP contribution in [0.15, 0.2) is 0 Å². The summed E-state index contributed by atoms with van der Waals surface area (Å²) in [5, 5.41) is 8.89. The van der Waals surface area contributed by atoms with E-state index < -0.39 is 5.97 Å². The molecule has 1 aliphatic carbocycles. The molecule has 0 saturated heterocycles. The Hall–Kier alpha value is -1.06. The van der Waals surface area contributed by atoms with Crippen molar-refractivity contribution < 1.29 is 19.4 Å². The van der Waals surface area contributed by atoms with Gasteiger partial charge in [-0.15, -0.1) is 0 Å². The molecule has 1 fully saturated rings. The number of aliphatic carboxylic acids is 1. The summed E-state index contributed by atoms with van der Waals surface area (Å²) < 4.78 is 5.04. The van der Waals surface area contributed by atoms with E-state index in [1.165, 1.54) is 0 Å². The Balaban J connectivity index is 2.43. The van der Waals surface area contributed by atoms with E-state index in [1.54, 1.807) is 13.8 Å². The van der Waals surface area contributed by atoms with Crippen molar-refractivity contribution in [1.82, 2.24) is 0 Å². The molecule has 86 valence electrons. The van der Waals surface area contributed by atoms with E-state index in [9.17, 15) is 9.59 Å². The van der Waals surface area contributed by atoms with Gasteiger partial charge in [0.25, 0.3) is 0 Å². The van der Waals surface area contributed by atoms with Gasteiger partial charge in [-0.3, -0.25) is 9.59 Å². The number of carboxylic acids is 1. The summed E-state index contributed by atoms with van der Waals surface area (Å²) in [6, 6.07) is 0. The topological polar surface area (TPSA) is 63.6 Å². The Bertz CT molecular complexity index is 280. The van der Waals surface area contributed by atoms with E-state index in [4.69, 9.17) is 9.84 Å². The number of ether oxygens (including phenoxy) is 1. The van der Waals surface area contributed by atoms with Crippen LogP contribution in [0.25, 0.3) is 0 Å². The van der Waals surface area contributed by atoms with E-state index in [0.29, 0.717) is 0 Å². The zero-order chi connectivity index (χ0) is 11.8. The lowest BCUT2D eigenvalue weighted by Gasteiger charge is -2.07. The summed E-state index contributed by atoms with van der Waals surface area (Å²) in [5.74, 6) is -1.64. The van der Waals surface area contributed by atoms with E-state index in [-0.39, 0.29) is 35.7 Å². The number of rotatable bonds is 4. The van der Waals surface area contributed by atoms with Crippen LogP contribution in [0.2, 0.25) is 0 Å². The molecule has 0 radical (unpaired) electrons. The minimum Gasteiger partial charge on any atom is -0.481 e. The minimum absolute atomic E-state index is 0.0438. The standard InChI is InChI=1S/C11H18O4/c1-6(2)10(14)15-5-7-8(9(12)13)11(7,3)4/h6-8H,5H2,1-4H3,(H,12,13). The van der Waals surface area contributed by atoms with Gasteiger partial charge >= 0.3 is 11.9 Å². The Morgan fingerprint density at radius 3 is 2.27 bits per heavy atom. The molecule has 1 saturated carbocycles. The van der Waals surface area contributed by atoms with Gasteiger partial charge in [0.15, 0.2) is 0 Å². The lowest BCUT2D eigenvalue weighted by Crippen LogP contribution is -2.14. The molecule has 0 amide bonds. The number of esters is 1. The van der Waals surface area contributed by atoms with Crippen LogP contribution in [-0.4, -0.2) is 23.7 Å². The second kappa shape index (κ2) is 3.83. The van der Waals surface area contributed by atoms with Gasteiger partial charge in [0.1, 0.15) is 0 Å². The van der Waals surface area contributed by atoms with Gasteiger partial charge in [-0.25, -0.2) is 0 Å². The zero-order valence-corrected chi connectivity index (χ0v) is 9.61. The molecule has 4 nitrogen and oxygen atoms in total. The van der Waals surface area contributed by atoms with Gasteiger partial charge in [-0.2, -0.15) is 0 Å². The lowest BCUT2D eigenvalue weighted by atomic mass is 10.1. The molecule has 1 aliphatic rings. The smallest absolute Gasteiger partial charge is 0.308 e. The summed E-state index contributed by atoms with van der Waals surface area (Å²) in [6.45, 7) is 7.52. The molecule has 0 bridgehead atoms. The minimum atomic E-state index is -0.800. The van der Waals surface area contributed by atoms with Crippen molar-refractivity contribution >= 4 is 11.9 Å². The van der Waals surface area contributed by atoms with Crippen LogP contribution in [0.3, 0.4) is 0 Å². The van der Waals surface area contributed by atoms with Crippen LogP contribution < -0.4 is 0 Å². The maximum absolute atomic E-state index is 11.2. The van der Waals surface area contributed by atoms with E-state index in [0.717, 1.165) is 0 Å². The van der Waals surface area contributed by atoms with Gasteiger partial charge in [0.2, 0.25) is 0 Å². The molecule has 2 unspecified atom stereocenters. The predicted octanol–water partition coefficient (Wildman–Crippen LogP) is 1.54. The second-order valence-corrected chi connectivity index (χ2v) is 5.03. The summed E-state index contributed by atoms with van der Waals surface area (Å²) in [6.07, 6.45) is 0. The highest BCUT2D eigenvalue weighted by molar-refractivity contribution is 5.76. The Morgan fingerprint density at radius 1 is 1.40 bits per heavy atom. The van der Waals surface area contributed by atoms with Crippen molar-refractivity contribution in [3.8, 4) is 0 Å². The van der Waals surface area contributed by atoms with Crippen molar-refractivity contribution in [1.29, 1.82) is 0 Å². The Morgan fingerprint density at radius 2 is 1.93 bits per heavy atom. The van der Waals surface area contributed by atoms with Crippen LogP contribution in [0.5, 0.6) is 0 Å². The molecule has 0 aliphatic heterocycles. The monoisotopic (exact) mass is 214 g/mol. The maximum Gasteiger partial charge on any atom is 0.308 e. The van der Waals surface area contributed by atoms with Crippen molar-refractivity contribution in [2.45, 2.75) is 27.7 Å². The first kappa shape index (κ1) is 12.0. The summed E-state index contributed by atoms with van der Waals surface area (Å²) in [4.78, 5) is 22.0. The molecule has 4 heteroatoms. The van der Waals surface area contributed by atoms with Gasteiger partial charge < -0.3 is 9.84 Å². The third kappa shape index (κ3) is 2.30. The molecule has 1 rings (SSSR count). The fourth-order valence-corrected chi connectivity index (χ4v) is 1.88. The third-order valence-electron chi connectivity index (χ3n) is 3.19. The van der Waals surface area contributed by atoms with Gasteiger partial charge in [-0.05, 0) is 5.41 Å². The van der Waals surface area contributed by atoms with Gasteiger partial charge in [-0.1, -0.05) is 27.7 Å². The number of hydrogen-bond donors (Lipinski definition) is 1. The molecule has 15 heavy (non-hydrogen) atoms. The Kier molecular flexibility index (Phi) is 3.07. The third-order valence-corrected chi connectivity index (χ3v) is 3.19. The van der Waals surface area contributed by atoms with Crippen molar-refractivity contribution in [3.63, 3.8) is 0 Å². The highest BCUT2D eigenvalue weighted by Crippen LogP contribution is 2.58. The molecule has 0 aromatic carbocycles. The molecule has 1 N–H and O–H groups in total. The van der Waals surface area contributed by atoms with Crippen molar-refractivity contribution in [3.05, 3.63) is 0 Å². The average molecular weight is 214 g/mol. The maximum atomic E-state index is 11.2. The molecule has 0 spiro atoms. The summed E-state index contributed by atoms with van der Waals surface area (Å²) in [7, 11) is 0. The number of carboxylic acid groups (broad SMARTS) is 1. The van der Waals surface area contributed by atoms with Crippen LogP contribution in [0, 0.1) is 23.2 Å². The van der Waals surface area contributed by atoms with Crippen LogP contribution in [0.4, 0.5) is 0 Å². The first-order valence-corrected chi connectivity index (χ1v) is 5.18. The molecule has 0 aromatic heterocycles. The highest BCUT2D eigenvalue weighted by atomic mass is 16.5. The Labute approximate surface area is 89.6 Å². The molecular weight excluding hydrogens is 196 g/mol. The number of carbonyl (C=O) groups excluding carboxylic acids is 1. The van der Waals surface area contributed by atoms with Gasteiger partial charge in [0.05, 0.1) is 18.4 Å². The highest BCUT2D eigenvalue weighted by Gasteiger charge is 2.62. The normalized spacial score (nSPS) is 27.5. The van der Waals surface area contributed by atoms with Crippen molar-refractivity contribution in [2.24, 2.45) is 23.2 Å². The number of carbonyl (C=O) groups is 2. The second-order valence-electron chi connectivity index (χ2n) is 5.03. The fourth-order valence-electron chi connectivity index (χ4n) is 1.88. The molecule has 2 atom stereocenters. The first-order valence-electron chi connectivity index (χ1n) is 5.18. The molecular formula is C11H18O4. The summed E-state index contributed by atoms with van der Waals surface area (Å²) >= 11 is 0. The summed E-state index contributed by atoms with van der Waals surface area (Å²) in [5.41, 5.74) is -0.247. The molecule has 0 heterocycles. The average Bonchev–Trinajstić information content (AvgIpc) is 2.63. The largest absolute Gasteiger partial charge is 0.481 e. The first-order chi connectivity index (χ1) is 6.78. The van der Waals surface area contributed by atoms with Crippen LogP contribution >= 0.6 is 0 Å². The SMILES string of the molecule is CC(C)C(=O)OCC1C(C(=O)O)C1(C)C.